The van der Waals surface area contributed by atoms with E-state index in [2.05, 4.69) is 20.1 Å². The monoisotopic (exact) mass is 371 g/mol. The van der Waals surface area contributed by atoms with Gasteiger partial charge < -0.3 is 24.3 Å². The highest BCUT2D eigenvalue weighted by Crippen LogP contribution is 2.32. The minimum atomic E-state index is -0.110. The Kier molecular flexibility index (Phi) is 5.13. The Labute approximate surface area is 158 Å². The SMILES string of the molecule is CCN(Cc1ccc2c(c1)OCO2)C(=O)NCc1nnc2n1CCCCC2. The van der Waals surface area contributed by atoms with Gasteiger partial charge in [-0.15, -0.1) is 10.2 Å². The molecule has 1 aromatic heterocycles. The summed E-state index contributed by atoms with van der Waals surface area (Å²) >= 11 is 0. The molecule has 0 unspecified atom stereocenters. The first kappa shape index (κ1) is 17.6. The van der Waals surface area contributed by atoms with E-state index in [1.54, 1.807) is 4.90 Å². The third-order valence-corrected chi connectivity index (χ3v) is 5.06. The van der Waals surface area contributed by atoms with Crippen LogP contribution in [0.3, 0.4) is 0 Å². The molecule has 144 valence electrons. The van der Waals surface area contributed by atoms with Crippen LogP contribution in [0.4, 0.5) is 4.79 Å². The number of rotatable bonds is 5. The Morgan fingerprint density at radius 1 is 1.22 bits per heavy atom. The summed E-state index contributed by atoms with van der Waals surface area (Å²) in [4.78, 5) is 14.4. The summed E-state index contributed by atoms with van der Waals surface area (Å²) in [5, 5.41) is 11.5. The number of aryl methyl sites for hydroxylation is 1. The van der Waals surface area contributed by atoms with Crippen molar-refractivity contribution < 1.29 is 14.3 Å². The third kappa shape index (κ3) is 3.84. The summed E-state index contributed by atoms with van der Waals surface area (Å²) in [6.07, 6.45) is 4.47. The first-order valence-electron chi connectivity index (χ1n) is 9.57. The molecule has 1 N–H and O–H groups in total. The number of carbonyl (C=O) groups is 1. The molecule has 2 aliphatic heterocycles. The molecule has 0 radical (unpaired) electrons. The van der Waals surface area contributed by atoms with E-state index in [0.717, 1.165) is 54.5 Å². The number of hydrogen-bond acceptors (Lipinski definition) is 5. The molecule has 2 aromatic rings. The molecule has 8 heteroatoms. The fourth-order valence-corrected chi connectivity index (χ4v) is 3.53. The molecule has 0 aliphatic carbocycles. The van der Waals surface area contributed by atoms with E-state index in [4.69, 9.17) is 9.47 Å². The highest BCUT2D eigenvalue weighted by Gasteiger charge is 2.18. The van der Waals surface area contributed by atoms with Crippen LogP contribution >= 0.6 is 0 Å². The highest BCUT2D eigenvalue weighted by molar-refractivity contribution is 5.74. The summed E-state index contributed by atoms with van der Waals surface area (Å²) in [7, 11) is 0. The van der Waals surface area contributed by atoms with Gasteiger partial charge in [-0.1, -0.05) is 12.5 Å². The molecule has 4 rings (SSSR count). The van der Waals surface area contributed by atoms with E-state index in [-0.39, 0.29) is 12.8 Å². The molecule has 8 nitrogen and oxygen atoms in total. The third-order valence-electron chi connectivity index (χ3n) is 5.06. The van der Waals surface area contributed by atoms with Crippen molar-refractivity contribution in [2.45, 2.75) is 52.2 Å². The topological polar surface area (TPSA) is 81.5 Å². The fourth-order valence-electron chi connectivity index (χ4n) is 3.53. The van der Waals surface area contributed by atoms with Crippen molar-refractivity contribution in [2.24, 2.45) is 0 Å². The molecule has 2 aliphatic rings. The molecule has 0 fully saturated rings. The van der Waals surface area contributed by atoms with E-state index in [1.807, 2.05) is 25.1 Å². The molecule has 2 amide bonds. The molecule has 1 aromatic carbocycles. The van der Waals surface area contributed by atoms with Gasteiger partial charge >= 0.3 is 6.03 Å². The maximum Gasteiger partial charge on any atom is 0.318 e. The van der Waals surface area contributed by atoms with Crippen LogP contribution < -0.4 is 14.8 Å². The number of urea groups is 1. The minimum absolute atomic E-state index is 0.110. The van der Waals surface area contributed by atoms with Crippen molar-refractivity contribution in [3.05, 3.63) is 35.4 Å². The second-order valence-electron chi connectivity index (χ2n) is 6.86. The lowest BCUT2D eigenvalue weighted by Crippen LogP contribution is -2.39. The smallest absolute Gasteiger partial charge is 0.318 e. The number of amides is 2. The molecule has 27 heavy (non-hydrogen) atoms. The standard InChI is InChI=1S/C19H25N5O3/c1-2-23(12-14-7-8-15-16(10-14)27-13-26-15)19(25)20-11-18-22-21-17-6-4-3-5-9-24(17)18/h7-8,10H,2-6,9,11-13H2,1H3,(H,20,25). The number of aromatic nitrogens is 3. The van der Waals surface area contributed by atoms with Crippen molar-refractivity contribution in [3.8, 4) is 11.5 Å². The number of ether oxygens (including phenoxy) is 2. The van der Waals surface area contributed by atoms with Gasteiger partial charge in [-0.3, -0.25) is 0 Å². The Balaban J connectivity index is 1.37. The van der Waals surface area contributed by atoms with Crippen LogP contribution in [-0.2, 0) is 26.1 Å². The normalized spacial score (nSPS) is 15.1. The van der Waals surface area contributed by atoms with E-state index in [9.17, 15) is 4.79 Å². The van der Waals surface area contributed by atoms with Gasteiger partial charge in [-0.25, -0.2) is 4.79 Å². The maximum absolute atomic E-state index is 12.6. The van der Waals surface area contributed by atoms with Crippen molar-refractivity contribution in [1.82, 2.24) is 25.0 Å². The van der Waals surface area contributed by atoms with Crippen LogP contribution in [0.25, 0.3) is 0 Å². The molecule has 0 saturated heterocycles. The van der Waals surface area contributed by atoms with Crippen LogP contribution in [0.15, 0.2) is 18.2 Å². The molecule has 0 saturated carbocycles. The zero-order chi connectivity index (χ0) is 18.6. The number of fused-ring (bicyclic) bond motifs is 2. The van der Waals surface area contributed by atoms with Crippen LogP contribution in [0, 0.1) is 0 Å². The number of carbonyl (C=O) groups excluding carboxylic acids is 1. The lowest BCUT2D eigenvalue weighted by Gasteiger charge is -2.21. The average molecular weight is 371 g/mol. The summed E-state index contributed by atoms with van der Waals surface area (Å²) in [5.74, 6) is 3.35. The maximum atomic E-state index is 12.6. The minimum Gasteiger partial charge on any atom is -0.454 e. The van der Waals surface area contributed by atoms with E-state index in [0.29, 0.717) is 19.6 Å². The quantitative estimate of drug-likeness (QED) is 0.873. The average Bonchev–Trinajstić information content (AvgIpc) is 3.24. The summed E-state index contributed by atoms with van der Waals surface area (Å²) in [5.41, 5.74) is 1.01. The summed E-state index contributed by atoms with van der Waals surface area (Å²) in [6, 6.07) is 5.66. The Hall–Kier alpha value is -2.77. The lowest BCUT2D eigenvalue weighted by molar-refractivity contribution is 0.173. The Morgan fingerprint density at radius 2 is 2.11 bits per heavy atom. The fraction of sp³-hybridized carbons (Fsp3) is 0.526. The van der Waals surface area contributed by atoms with Crippen molar-refractivity contribution in [1.29, 1.82) is 0 Å². The van der Waals surface area contributed by atoms with Gasteiger partial charge in [0.25, 0.3) is 0 Å². The summed E-state index contributed by atoms with van der Waals surface area (Å²) in [6.45, 7) is 4.66. The van der Waals surface area contributed by atoms with Gasteiger partial charge in [0.05, 0.1) is 6.54 Å². The summed E-state index contributed by atoms with van der Waals surface area (Å²) < 4.78 is 12.9. The van der Waals surface area contributed by atoms with Gasteiger partial charge in [0.2, 0.25) is 6.79 Å². The zero-order valence-electron chi connectivity index (χ0n) is 15.6. The van der Waals surface area contributed by atoms with Crippen LogP contribution in [0.5, 0.6) is 11.5 Å². The first-order valence-corrected chi connectivity index (χ1v) is 9.57. The molecule has 3 heterocycles. The molecule has 0 atom stereocenters. The second-order valence-corrected chi connectivity index (χ2v) is 6.86. The van der Waals surface area contributed by atoms with E-state index < -0.39 is 0 Å². The van der Waals surface area contributed by atoms with Crippen LogP contribution in [-0.4, -0.2) is 39.0 Å². The van der Waals surface area contributed by atoms with Crippen LogP contribution in [0.1, 0.15) is 43.4 Å². The van der Waals surface area contributed by atoms with Gasteiger partial charge in [0, 0.05) is 26.1 Å². The molecule has 0 spiro atoms. The van der Waals surface area contributed by atoms with E-state index >= 15 is 0 Å². The van der Waals surface area contributed by atoms with E-state index in [1.165, 1.54) is 6.42 Å². The molecular weight excluding hydrogens is 346 g/mol. The Morgan fingerprint density at radius 3 is 3.00 bits per heavy atom. The Bertz CT molecular complexity index is 820. The van der Waals surface area contributed by atoms with Crippen molar-refractivity contribution >= 4 is 6.03 Å². The number of nitrogens with one attached hydrogen (secondary N) is 1. The number of nitrogens with zero attached hydrogens (tertiary/aromatic N) is 4. The lowest BCUT2D eigenvalue weighted by atomic mass is 10.2. The predicted molar refractivity (Wildman–Crippen MR) is 98.5 cm³/mol. The highest BCUT2D eigenvalue weighted by atomic mass is 16.7. The van der Waals surface area contributed by atoms with Gasteiger partial charge in [0.1, 0.15) is 5.82 Å². The first-order chi connectivity index (χ1) is 13.2. The number of benzene rings is 1. The van der Waals surface area contributed by atoms with Crippen LogP contribution in [0.2, 0.25) is 0 Å². The van der Waals surface area contributed by atoms with Crippen molar-refractivity contribution in [3.63, 3.8) is 0 Å². The second kappa shape index (κ2) is 7.85. The zero-order valence-corrected chi connectivity index (χ0v) is 15.6. The van der Waals surface area contributed by atoms with Gasteiger partial charge in [-0.05, 0) is 37.5 Å². The number of hydrogen-bond donors (Lipinski definition) is 1. The predicted octanol–water partition coefficient (Wildman–Crippen LogP) is 2.46. The largest absolute Gasteiger partial charge is 0.454 e. The molecular formula is C19H25N5O3. The van der Waals surface area contributed by atoms with Gasteiger partial charge in [0.15, 0.2) is 17.3 Å². The molecule has 0 bridgehead atoms. The van der Waals surface area contributed by atoms with Crippen molar-refractivity contribution in [2.75, 3.05) is 13.3 Å². The van der Waals surface area contributed by atoms with Gasteiger partial charge in [-0.2, -0.15) is 0 Å².